The van der Waals surface area contributed by atoms with Crippen molar-refractivity contribution in [3.05, 3.63) is 0 Å². The van der Waals surface area contributed by atoms with Crippen LogP contribution in [0.3, 0.4) is 0 Å². The van der Waals surface area contributed by atoms with Gasteiger partial charge < -0.3 is 0 Å². The summed E-state index contributed by atoms with van der Waals surface area (Å²) in [5, 5.41) is 16.9. The van der Waals surface area contributed by atoms with Gasteiger partial charge in [-0.15, -0.1) is 0 Å². The third-order valence-electron chi connectivity index (χ3n) is 2.65. The lowest BCUT2D eigenvalue weighted by atomic mass is 10.0. The Morgan fingerprint density at radius 1 is 0.867 bits per heavy atom. The Kier molecular flexibility index (Phi) is 10.3. The average Bonchev–Trinajstić information content (AvgIpc) is 2.26. The second kappa shape index (κ2) is 11.1. The van der Waals surface area contributed by atoms with Crippen LogP contribution in [0, 0.1) is 28.6 Å². The molecule has 0 amide bonds. The van der Waals surface area contributed by atoms with Crippen LogP contribution in [0.1, 0.15) is 64.7 Å². The maximum atomic E-state index is 8.58. The molecular formula is C13H22N2. The van der Waals surface area contributed by atoms with E-state index in [0.29, 0.717) is 6.42 Å². The van der Waals surface area contributed by atoms with Crippen LogP contribution in [0.4, 0.5) is 0 Å². The van der Waals surface area contributed by atoms with Crippen molar-refractivity contribution in [3.8, 4) is 12.1 Å². The van der Waals surface area contributed by atoms with E-state index in [1.807, 2.05) is 6.92 Å². The van der Waals surface area contributed by atoms with Crippen molar-refractivity contribution in [2.75, 3.05) is 0 Å². The Hall–Kier alpha value is -1.02. The Balaban J connectivity index is 3.00. The normalized spacial score (nSPS) is 11.7. The number of hydrogen-bond donors (Lipinski definition) is 0. The van der Waals surface area contributed by atoms with Crippen LogP contribution in [0.5, 0.6) is 0 Å². The van der Waals surface area contributed by atoms with E-state index in [1.165, 1.54) is 38.5 Å². The van der Waals surface area contributed by atoms with Crippen molar-refractivity contribution in [2.45, 2.75) is 64.7 Å². The molecular weight excluding hydrogens is 184 g/mol. The molecule has 1 atom stereocenters. The molecule has 0 saturated heterocycles. The molecule has 0 aromatic rings. The molecule has 0 aliphatic rings. The van der Waals surface area contributed by atoms with E-state index in [2.05, 4.69) is 12.1 Å². The number of unbranched alkanes of at least 4 members (excludes halogenated alkanes) is 7. The fourth-order valence-electron chi connectivity index (χ4n) is 1.60. The summed E-state index contributed by atoms with van der Waals surface area (Å²) in [4.78, 5) is 0. The van der Waals surface area contributed by atoms with E-state index in [9.17, 15) is 0 Å². The van der Waals surface area contributed by atoms with Gasteiger partial charge in [0, 0.05) is 12.3 Å². The SMILES string of the molecule is CC(C#N)CCCCCCCCCC#N. The predicted molar refractivity (Wildman–Crippen MR) is 61.9 cm³/mol. The standard InChI is InChI=1S/C13H22N2/c1-13(12-15)10-8-6-4-2-3-5-7-9-11-14/h13H,2-10H2,1H3. The molecule has 0 radical (unpaired) electrons. The molecule has 0 spiro atoms. The van der Waals surface area contributed by atoms with Gasteiger partial charge in [0.15, 0.2) is 0 Å². The molecule has 15 heavy (non-hydrogen) atoms. The third kappa shape index (κ3) is 10.9. The van der Waals surface area contributed by atoms with Crippen molar-refractivity contribution in [2.24, 2.45) is 5.92 Å². The van der Waals surface area contributed by atoms with Crippen LogP contribution in [0.2, 0.25) is 0 Å². The fourth-order valence-corrected chi connectivity index (χ4v) is 1.60. The maximum absolute atomic E-state index is 8.58. The molecule has 1 unspecified atom stereocenters. The summed E-state index contributed by atoms with van der Waals surface area (Å²) in [6.45, 7) is 1.99. The highest BCUT2D eigenvalue weighted by Gasteiger charge is 1.98. The molecule has 84 valence electrons. The Morgan fingerprint density at radius 3 is 1.93 bits per heavy atom. The Morgan fingerprint density at radius 2 is 1.40 bits per heavy atom. The van der Waals surface area contributed by atoms with Crippen molar-refractivity contribution < 1.29 is 0 Å². The van der Waals surface area contributed by atoms with Crippen molar-refractivity contribution in [3.63, 3.8) is 0 Å². The van der Waals surface area contributed by atoms with Gasteiger partial charge in [-0.2, -0.15) is 10.5 Å². The summed E-state index contributed by atoms with van der Waals surface area (Å²) in [5.74, 6) is 0.223. The number of hydrogen-bond acceptors (Lipinski definition) is 2. The van der Waals surface area contributed by atoms with Gasteiger partial charge in [-0.05, 0) is 19.8 Å². The van der Waals surface area contributed by atoms with Gasteiger partial charge in [0.1, 0.15) is 0 Å². The molecule has 0 saturated carbocycles. The molecule has 0 fully saturated rings. The zero-order valence-electron chi connectivity index (χ0n) is 9.84. The van der Waals surface area contributed by atoms with Gasteiger partial charge in [0.05, 0.1) is 12.1 Å². The minimum atomic E-state index is 0.223. The molecule has 2 heteroatoms. The minimum absolute atomic E-state index is 0.223. The van der Waals surface area contributed by atoms with Gasteiger partial charge in [0.2, 0.25) is 0 Å². The van der Waals surface area contributed by atoms with Crippen LogP contribution in [-0.2, 0) is 0 Å². The van der Waals surface area contributed by atoms with E-state index in [-0.39, 0.29) is 5.92 Å². The van der Waals surface area contributed by atoms with Crippen LogP contribution in [0.15, 0.2) is 0 Å². The topological polar surface area (TPSA) is 47.6 Å². The second-order valence-corrected chi connectivity index (χ2v) is 4.20. The largest absolute Gasteiger partial charge is 0.198 e. The predicted octanol–water partition coefficient (Wildman–Crippen LogP) is 4.18. The van der Waals surface area contributed by atoms with E-state index in [1.54, 1.807) is 0 Å². The van der Waals surface area contributed by atoms with Crippen LogP contribution >= 0.6 is 0 Å². The van der Waals surface area contributed by atoms with E-state index in [0.717, 1.165) is 12.8 Å². The first kappa shape index (κ1) is 14.0. The number of nitrogens with zero attached hydrogens (tertiary/aromatic N) is 2. The fraction of sp³-hybridized carbons (Fsp3) is 0.846. The summed E-state index contributed by atoms with van der Waals surface area (Å²) in [6, 6.07) is 4.43. The molecule has 0 aliphatic carbocycles. The maximum Gasteiger partial charge on any atom is 0.0652 e. The first-order valence-electron chi connectivity index (χ1n) is 6.08. The van der Waals surface area contributed by atoms with Crippen LogP contribution in [0.25, 0.3) is 0 Å². The van der Waals surface area contributed by atoms with Crippen molar-refractivity contribution >= 4 is 0 Å². The monoisotopic (exact) mass is 206 g/mol. The molecule has 0 rings (SSSR count). The molecule has 0 bridgehead atoms. The molecule has 0 heterocycles. The summed E-state index contributed by atoms with van der Waals surface area (Å²) in [5.41, 5.74) is 0. The van der Waals surface area contributed by atoms with E-state index in [4.69, 9.17) is 10.5 Å². The smallest absolute Gasteiger partial charge is 0.0652 e. The molecule has 0 aromatic carbocycles. The van der Waals surface area contributed by atoms with E-state index >= 15 is 0 Å². The molecule has 0 N–H and O–H groups in total. The van der Waals surface area contributed by atoms with Crippen LogP contribution < -0.4 is 0 Å². The zero-order chi connectivity index (χ0) is 11.4. The van der Waals surface area contributed by atoms with Gasteiger partial charge in [0.25, 0.3) is 0 Å². The first-order valence-corrected chi connectivity index (χ1v) is 6.08. The summed E-state index contributed by atoms with van der Waals surface area (Å²) >= 11 is 0. The van der Waals surface area contributed by atoms with Crippen molar-refractivity contribution in [1.82, 2.24) is 0 Å². The Bertz CT molecular complexity index is 210. The Labute approximate surface area is 93.9 Å². The minimum Gasteiger partial charge on any atom is -0.198 e. The lowest BCUT2D eigenvalue weighted by molar-refractivity contribution is 0.539. The summed E-state index contributed by atoms with van der Waals surface area (Å²) in [7, 11) is 0. The van der Waals surface area contributed by atoms with Gasteiger partial charge in [-0.25, -0.2) is 0 Å². The third-order valence-corrected chi connectivity index (χ3v) is 2.65. The zero-order valence-corrected chi connectivity index (χ0v) is 9.84. The van der Waals surface area contributed by atoms with Gasteiger partial charge in [-0.3, -0.25) is 0 Å². The molecule has 0 aliphatic heterocycles. The average molecular weight is 206 g/mol. The highest BCUT2D eigenvalue weighted by molar-refractivity contribution is 4.77. The first-order chi connectivity index (χ1) is 7.31. The second-order valence-electron chi connectivity index (χ2n) is 4.20. The number of nitriles is 2. The highest BCUT2D eigenvalue weighted by Crippen LogP contribution is 2.12. The lowest BCUT2D eigenvalue weighted by Gasteiger charge is -2.02. The van der Waals surface area contributed by atoms with Crippen LogP contribution in [-0.4, -0.2) is 0 Å². The molecule has 2 nitrogen and oxygen atoms in total. The molecule has 0 aromatic heterocycles. The van der Waals surface area contributed by atoms with Crippen molar-refractivity contribution in [1.29, 1.82) is 10.5 Å². The van der Waals surface area contributed by atoms with E-state index < -0.39 is 0 Å². The lowest BCUT2D eigenvalue weighted by Crippen LogP contribution is -1.89. The highest BCUT2D eigenvalue weighted by atomic mass is 14.3. The quantitative estimate of drug-likeness (QED) is 0.531. The summed E-state index contributed by atoms with van der Waals surface area (Å²) < 4.78 is 0. The van der Waals surface area contributed by atoms with Gasteiger partial charge >= 0.3 is 0 Å². The number of rotatable bonds is 9. The van der Waals surface area contributed by atoms with Gasteiger partial charge in [-0.1, -0.05) is 38.5 Å². The summed E-state index contributed by atoms with van der Waals surface area (Å²) in [6.07, 6.45) is 10.3.